The minimum absolute atomic E-state index is 0. The Morgan fingerprint density at radius 3 is 2.43 bits per heavy atom. The van der Waals surface area contributed by atoms with Crippen LogP contribution in [0.25, 0.3) is 0 Å². The Labute approximate surface area is 131 Å². The van der Waals surface area contributed by atoms with E-state index >= 15 is 0 Å². The summed E-state index contributed by atoms with van der Waals surface area (Å²) in [5.74, 6) is -0.484. The largest absolute Gasteiger partial charge is 0.468 e. The molecule has 10 heteroatoms. The molecule has 0 unspecified atom stereocenters. The minimum Gasteiger partial charge on any atom is -0.468 e. The fourth-order valence-electron chi connectivity index (χ4n) is 1.31. The minimum atomic E-state index is -4.41. The van der Waals surface area contributed by atoms with Crippen LogP contribution in [0.3, 0.4) is 0 Å². The van der Waals surface area contributed by atoms with Crippen LogP contribution in [0.15, 0.2) is 18.3 Å². The van der Waals surface area contributed by atoms with Gasteiger partial charge in [-0.05, 0) is 18.9 Å². The van der Waals surface area contributed by atoms with Gasteiger partial charge in [-0.25, -0.2) is 4.98 Å². The molecule has 1 amide bonds. The Kier molecular flexibility index (Phi) is 6.72. The molecule has 0 aliphatic heterocycles. The summed E-state index contributed by atoms with van der Waals surface area (Å²) in [6.07, 6.45) is -1.94. The van der Waals surface area contributed by atoms with Crippen LogP contribution in [-0.4, -0.2) is 29.2 Å². The first-order chi connectivity index (χ1) is 8.78. The Morgan fingerprint density at radius 2 is 2.00 bits per heavy atom. The lowest BCUT2D eigenvalue weighted by molar-refractivity contribution is -0.154. The molecule has 3 N–H and O–H groups in total. The van der Waals surface area contributed by atoms with Crippen molar-refractivity contribution in [2.75, 3.05) is 11.9 Å². The van der Waals surface area contributed by atoms with Crippen molar-refractivity contribution < 1.29 is 22.7 Å². The number of nitrogens with two attached hydrogens (primary N) is 1. The monoisotopic (exact) mass is 347 g/mol. The molecule has 0 bridgehead atoms. The highest BCUT2D eigenvalue weighted by atomic mass is 35.5. The third-order valence-electron chi connectivity index (χ3n) is 2.62. The smallest absolute Gasteiger partial charge is 0.422 e. The van der Waals surface area contributed by atoms with Crippen molar-refractivity contribution in [3.05, 3.63) is 18.3 Å². The average molecular weight is 348 g/mol. The van der Waals surface area contributed by atoms with Gasteiger partial charge in [-0.2, -0.15) is 13.2 Å². The quantitative estimate of drug-likeness (QED) is 0.875. The van der Waals surface area contributed by atoms with Crippen LogP contribution in [0, 0.1) is 0 Å². The second-order valence-electron chi connectivity index (χ2n) is 4.40. The number of aromatic nitrogens is 1. The summed E-state index contributed by atoms with van der Waals surface area (Å²) in [6.45, 7) is -1.41. The van der Waals surface area contributed by atoms with E-state index in [2.05, 4.69) is 15.0 Å². The topological polar surface area (TPSA) is 77.2 Å². The molecule has 1 fully saturated rings. The van der Waals surface area contributed by atoms with Gasteiger partial charge in [-0.15, -0.1) is 24.8 Å². The zero-order valence-corrected chi connectivity index (χ0v) is 12.3. The Bertz CT molecular complexity index is 479. The third-order valence-corrected chi connectivity index (χ3v) is 2.62. The lowest BCUT2D eigenvalue weighted by Gasteiger charge is -2.11. The van der Waals surface area contributed by atoms with Gasteiger partial charge in [0.2, 0.25) is 11.8 Å². The summed E-state index contributed by atoms with van der Waals surface area (Å²) in [6, 6.07) is 2.65. The summed E-state index contributed by atoms with van der Waals surface area (Å²) < 4.78 is 40.2. The van der Waals surface area contributed by atoms with Gasteiger partial charge in [-0.1, -0.05) is 0 Å². The van der Waals surface area contributed by atoms with E-state index in [-0.39, 0.29) is 36.6 Å². The molecule has 1 aliphatic carbocycles. The van der Waals surface area contributed by atoms with E-state index in [4.69, 9.17) is 5.73 Å². The van der Waals surface area contributed by atoms with E-state index in [1.807, 2.05) is 0 Å². The molecule has 1 heterocycles. The predicted octanol–water partition coefficient (Wildman–Crippen LogP) is 2.30. The fraction of sp³-hybridized carbons (Fsp3) is 0.455. The molecule has 1 aromatic heterocycles. The van der Waals surface area contributed by atoms with Crippen molar-refractivity contribution in [3.8, 4) is 5.88 Å². The second kappa shape index (κ2) is 7.15. The van der Waals surface area contributed by atoms with Crippen LogP contribution in [0.1, 0.15) is 12.8 Å². The third kappa shape index (κ3) is 5.94. The van der Waals surface area contributed by atoms with Gasteiger partial charge >= 0.3 is 6.18 Å². The van der Waals surface area contributed by atoms with E-state index in [0.29, 0.717) is 18.5 Å². The number of halogens is 5. The summed E-state index contributed by atoms with van der Waals surface area (Å²) in [4.78, 5) is 15.3. The number of rotatable bonds is 4. The number of hydrogen-bond donors (Lipinski definition) is 2. The number of nitrogens with zero attached hydrogens (tertiary/aromatic N) is 1. The number of pyridine rings is 1. The highest BCUT2D eigenvalue weighted by molar-refractivity contribution is 5.99. The first-order valence-electron chi connectivity index (χ1n) is 5.54. The van der Waals surface area contributed by atoms with Gasteiger partial charge in [0.05, 0.1) is 17.4 Å². The molecule has 2 rings (SSSR count). The highest BCUT2D eigenvalue weighted by Gasteiger charge is 2.45. The first kappa shape index (κ1) is 19.8. The van der Waals surface area contributed by atoms with Gasteiger partial charge < -0.3 is 15.8 Å². The number of hydrogen-bond acceptors (Lipinski definition) is 4. The highest BCUT2D eigenvalue weighted by Crippen LogP contribution is 2.33. The molecule has 0 atom stereocenters. The van der Waals surface area contributed by atoms with Crippen LogP contribution < -0.4 is 15.8 Å². The molecule has 0 aromatic carbocycles. The maximum atomic E-state index is 11.9. The molecular weight excluding hydrogens is 334 g/mol. The number of amides is 1. The molecule has 0 saturated heterocycles. The van der Waals surface area contributed by atoms with Gasteiger partial charge in [-0.3, -0.25) is 4.79 Å². The maximum absolute atomic E-state index is 11.9. The zero-order chi connectivity index (χ0) is 14.1. The molecule has 1 aliphatic rings. The van der Waals surface area contributed by atoms with Gasteiger partial charge in [0, 0.05) is 6.07 Å². The number of carbonyl (C=O) groups is 1. The second-order valence-corrected chi connectivity index (χ2v) is 4.40. The van der Waals surface area contributed by atoms with Gasteiger partial charge in [0.15, 0.2) is 6.61 Å². The summed E-state index contributed by atoms with van der Waals surface area (Å²) in [5, 5.41) is 2.54. The van der Waals surface area contributed by atoms with E-state index in [0.717, 1.165) is 0 Å². The van der Waals surface area contributed by atoms with Gasteiger partial charge in [0.25, 0.3) is 0 Å². The molecule has 1 saturated carbocycles. The normalized spacial score (nSPS) is 15.2. The Balaban J connectivity index is 0.00000200. The average Bonchev–Trinajstić information content (AvgIpc) is 3.07. The number of nitrogens with one attached hydrogen (secondary N) is 1. The Morgan fingerprint density at radius 1 is 1.38 bits per heavy atom. The predicted molar refractivity (Wildman–Crippen MR) is 75.1 cm³/mol. The molecule has 0 spiro atoms. The Hall–Kier alpha value is -1.25. The van der Waals surface area contributed by atoms with E-state index in [1.165, 1.54) is 18.3 Å². The van der Waals surface area contributed by atoms with E-state index in [9.17, 15) is 18.0 Å². The zero-order valence-electron chi connectivity index (χ0n) is 10.6. The van der Waals surface area contributed by atoms with Crippen LogP contribution in [-0.2, 0) is 4.79 Å². The van der Waals surface area contributed by atoms with Crippen molar-refractivity contribution in [2.45, 2.75) is 24.6 Å². The summed E-state index contributed by atoms with van der Waals surface area (Å²) >= 11 is 0. The molecule has 120 valence electrons. The van der Waals surface area contributed by atoms with Gasteiger partial charge in [0.1, 0.15) is 0 Å². The number of carbonyl (C=O) groups excluding carboxylic acids is 1. The van der Waals surface area contributed by atoms with Crippen molar-refractivity contribution in [2.24, 2.45) is 5.73 Å². The van der Waals surface area contributed by atoms with E-state index < -0.39 is 18.3 Å². The van der Waals surface area contributed by atoms with Crippen molar-refractivity contribution in [1.29, 1.82) is 0 Å². The number of ether oxygens (including phenoxy) is 1. The SMILES string of the molecule is Cl.Cl.NC1(C(=O)Nc2ccc(OCC(F)(F)F)nc2)CC1. The lowest BCUT2D eigenvalue weighted by atomic mass is 10.2. The van der Waals surface area contributed by atoms with Crippen molar-refractivity contribution in [1.82, 2.24) is 4.98 Å². The fourth-order valence-corrected chi connectivity index (χ4v) is 1.31. The molecule has 5 nitrogen and oxygen atoms in total. The van der Waals surface area contributed by atoms with Crippen LogP contribution in [0.5, 0.6) is 5.88 Å². The van der Waals surface area contributed by atoms with Crippen LogP contribution in [0.4, 0.5) is 18.9 Å². The molecular formula is C11H14Cl2F3N3O2. The molecule has 1 aromatic rings. The van der Waals surface area contributed by atoms with Crippen LogP contribution >= 0.6 is 24.8 Å². The lowest BCUT2D eigenvalue weighted by Crippen LogP contribution is -2.37. The number of alkyl halides is 3. The molecule has 0 radical (unpaired) electrons. The first-order valence-corrected chi connectivity index (χ1v) is 5.54. The molecule has 21 heavy (non-hydrogen) atoms. The number of anilines is 1. The van der Waals surface area contributed by atoms with E-state index in [1.54, 1.807) is 0 Å². The van der Waals surface area contributed by atoms with Crippen molar-refractivity contribution >= 4 is 36.4 Å². The summed E-state index contributed by atoms with van der Waals surface area (Å²) in [5.41, 5.74) is 5.23. The summed E-state index contributed by atoms with van der Waals surface area (Å²) in [7, 11) is 0. The standard InChI is InChI=1S/C11H12F3N3O2.2ClH/c12-11(13,14)6-19-8-2-1-7(5-16-8)17-9(18)10(15)3-4-10;;/h1-2,5H,3-4,6,15H2,(H,17,18);2*1H. The van der Waals surface area contributed by atoms with Crippen LogP contribution in [0.2, 0.25) is 0 Å². The van der Waals surface area contributed by atoms with Crippen molar-refractivity contribution in [3.63, 3.8) is 0 Å². The maximum Gasteiger partial charge on any atom is 0.422 e.